The Labute approximate surface area is 60.5 Å². The zero-order chi connectivity index (χ0) is 3.58. The molecule has 0 aliphatic heterocycles. The fourth-order valence-corrected chi connectivity index (χ4v) is 0. The topological polar surface area (TPSA) is 158 Å². The van der Waals surface area contributed by atoms with Gasteiger partial charge in [-0.3, -0.25) is 0 Å². The Kier molecular flexibility index (Phi) is 164. The van der Waals surface area contributed by atoms with E-state index in [0.29, 0.717) is 0 Å². The molecule has 0 spiro atoms. The summed E-state index contributed by atoms with van der Waals surface area (Å²) in [5, 5.41) is 13.6. The fraction of sp³-hybridized carbons (Fsp3) is 0. The van der Waals surface area contributed by atoms with E-state index in [1.54, 1.807) is 0 Å². The molecule has 7 nitrogen and oxygen atoms in total. The lowest BCUT2D eigenvalue weighted by molar-refractivity contribution is -0.742. The Morgan fingerprint density at radius 1 is 1.25 bits per heavy atom. The van der Waals surface area contributed by atoms with E-state index in [4.69, 9.17) is 15.3 Å². The Balaban J connectivity index is -0.00000000750. The van der Waals surface area contributed by atoms with Crippen LogP contribution in [0.25, 0.3) is 0 Å². The molecule has 0 aliphatic carbocycles. The maximum Gasteiger partial charge on any atom is 0.316 e. The van der Waals surface area contributed by atoms with Crippen molar-refractivity contribution >= 4 is 23.1 Å². The molecule has 0 amide bonds. The average Bonchev–Trinajstić information content (AvgIpc) is 0.811. The third kappa shape index (κ3) is 5810. The van der Waals surface area contributed by atoms with Crippen LogP contribution in [0.15, 0.2) is 0 Å². The van der Waals surface area contributed by atoms with E-state index in [2.05, 4.69) is 0 Å². The van der Waals surface area contributed by atoms with Gasteiger partial charge in [-0.15, -0.1) is 10.1 Å². The highest BCUT2D eigenvalue weighted by Crippen LogP contribution is 1.38. The van der Waals surface area contributed by atoms with E-state index in [-0.39, 0.29) is 39.5 Å². The molecule has 0 fully saturated rings. The second kappa shape index (κ2) is 28.9. The molecule has 0 unspecified atom stereocenters. The van der Waals surface area contributed by atoms with Gasteiger partial charge in [-0.05, 0) is 0 Å². The van der Waals surface area contributed by atoms with E-state index in [1.165, 1.54) is 0 Å². The number of hydrogen-bond donors (Lipinski definition) is 1. The van der Waals surface area contributed by atoms with Crippen molar-refractivity contribution in [1.29, 1.82) is 0 Å². The normalized spacial score (nSPS) is 3.00. The van der Waals surface area contributed by atoms with Gasteiger partial charge in [-0.25, -0.2) is 0 Å². The first-order chi connectivity index (χ1) is 1.73. The molecule has 0 atom stereocenters. The number of rotatable bonds is 0. The molecule has 0 aliphatic rings. The summed E-state index contributed by atoms with van der Waals surface area (Å²) in [6.45, 7) is 0. The molecule has 7 N–H and O–H groups in total. The summed E-state index contributed by atoms with van der Waals surface area (Å²) in [4.78, 5) is 8.36. The van der Waals surface area contributed by atoms with Crippen LogP contribution in [-0.4, -0.2) is 49.8 Å². The van der Waals surface area contributed by atoms with Gasteiger partial charge in [-0.1, -0.05) is 0 Å². The van der Waals surface area contributed by atoms with Gasteiger partial charge in [0.05, 0.1) is 0 Å². The first kappa shape index (κ1) is 45.4. The van der Waals surface area contributed by atoms with Crippen LogP contribution in [0.4, 0.5) is 0 Å². The first-order valence-electron chi connectivity index (χ1n) is 0.565. The van der Waals surface area contributed by atoms with Gasteiger partial charge in [-0.2, -0.15) is 0 Å². The van der Waals surface area contributed by atoms with Gasteiger partial charge >= 0.3 is 23.1 Å². The van der Waals surface area contributed by atoms with Gasteiger partial charge in [0, 0.05) is 0 Å². The summed E-state index contributed by atoms with van der Waals surface area (Å²) in [5.41, 5.74) is 0. The standard InChI is InChI=1S/Mg.HNO3.3H2O.2H/c;2-1(3)4;;;;;/h;(H,2,3,4);3*1H2;;. The molecule has 0 aromatic heterocycles. The molecule has 0 heterocycles. The zero-order valence-corrected chi connectivity index (χ0v) is 3.21. The molecule has 0 rings (SSSR count). The summed E-state index contributed by atoms with van der Waals surface area (Å²) in [6, 6.07) is 0. The summed E-state index contributed by atoms with van der Waals surface area (Å²) >= 11 is 0. The lowest BCUT2D eigenvalue weighted by Gasteiger charge is -1.56. The zero-order valence-electron chi connectivity index (χ0n) is 3.21. The smallest absolute Gasteiger partial charge is 0.316 e. The molecule has 0 radical (unpaired) electrons. The van der Waals surface area contributed by atoms with Gasteiger partial charge in [0.1, 0.15) is 0 Å². The summed E-state index contributed by atoms with van der Waals surface area (Å²) < 4.78 is 0. The lowest BCUT2D eigenvalue weighted by atomic mass is 13.1. The maximum absolute atomic E-state index is 8.36. The summed E-state index contributed by atoms with van der Waals surface area (Å²) in [6.07, 6.45) is 0. The minimum Gasteiger partial charge on any atom is -0.412 e. The highest BCUT2D eigenvalue weighted by atomic mass is 24.3. The Hall–Kier alpha value is -0.154. The van der Waals surface area contributed by atoms with E-state index < -0.39 is 5.09 Å². The predicted octanol–water partition coefficient (Wildman–Crippen LogP) is -3.74. The molecular formula is H9MgNO6. The van der Waals surface area contributed by atoms with Crippen LogP contribution in [0.3, 0.4) is 0 Å². The van der Waals surface area contributed by atoms with Gasteiger partial charge < -0.3 is 21.6 Å². The van der Waals surface area contributed by atoms with Gasteiger partial charge in [0.15, 0.2) is 0 Å². The van der Waals surface area contributed by atoms with Crippen LogP contribution < -0.4 is 0 Å². The SMILES string of the molecule is O.O.O.O=[N+]([O-])O.[MgH2]. The van der Waals surface area contributed by atoms with E-state index in [0.717, 1.165) is 0 Å². The second-order valence-electron chi connectivity index (χ2n) is 0.238. The number of nitrogens with zero attached hydrogens (tertiary/aromatic N) is 1. The van der Waals surface area contributed by atoms with E-state index in [9.17, 15) is 0 Å². The minimum atomic E-state index is -1.50. The van der Waals surface area contributed by atoms with E-state index >= 15 is 0 Å². The molecule has 8 heteroatoms. The monoisotopic (exact) mass is 143 g/mol. The molecule has 52 valence electrons. The van der Waals surface area contributed by atoms with E-state index in [1.807, 2.05) is 0 Å². The van der Waals surface area contributed by atoms with Crippen molar-refractivity contribution in [2.75, 3.05) is 0 Å². The second-order valence-corrected chi connectivity index (χ2v) is 0.238. The molecule has 0 saturated carbocycles. The van der Waals surface area contributed by atoms with Crippen molar-refractivity contribution in [1.82, 2.24) is 0 Å². The Morgan fingerprint density at radius 2 is 1.25 bits per heavy atom. The van der Waals surface area contributed by atoms with Crippen LogP contribution in [-0.2, 0) is 0 Å². The van der Waals surface area contributed by atoms with Crippen molar-refractivity contribution < 1.29 is 26.7 Å². The average molecular weight is 143 g/mol. The molecular weight excluding hydrogens is 134 g/mol. The maximum atomic E-state index is 8.36. The largest absolute Gasteiger partial charge is 0.412 e. The van der Waals surface area contributed by atoms with Crippen molar-refractivity contribution in [3.05, 3.63) is 10.1 Å². The summed E-state index contributed by atoms with van der Waals surface area (Å²) in [7, 11) is 0. The predicted molar refractivity (Wildman–Crippen MR) is 28.2 cm³/mol. The van der Waals surface area contributed by atoms with Crippen LogP contribution in [0.2, 0.25) is 0 Å². The third-order valence-corrected chi connectivity index (χ3v) is 0. The lowest BCUT2D eigenvalue weighted by Crippen LogP contribution is -1.81. The van der Waals surface area contributed by atoms with Crippen molar-refractivity contribution in [2.45, 2.75) is 0 Å². The van der Waals surface area contributed by atoms with Crippen molar-refractivity contribution in [2.24, 2.45) is 0 Å². The van der Waals surface area contributed by atoms with Crippen molar-refractivity contribution in [3.8, 4) is 0 Å². The highest BCUT2D eigenvalue weighted by molar-refractivity contribution is 5.75. The van der Waals surface area contributed by atoms with Gasteiger partial charge in [0.2, 0.25) is 0 Å². The highest BCUT2D eigenvalue weighted by Gasteiger charge is 1.65. The molecule has 8 heavy (non-hydrogen) atoms. The fourth-order valence-electron chi connectivity index (χ4n) is 0. The molecule has 0 aromatic carbocycles. The quantitative estimate of drug-likeness (QED) is 0.210. The Morgan fingerprint density at radius 3 is 1.25 bits per heavy atom. The molecule has 0 aromatic rings. The van der Waals surface area contributed by atoms with Crippen LogP contribution in [0, 0.1) is 10.1 Å². The van der Waals surface area contributed by atoms with Crippen LogP contribution >= 0.6 is 0 Å². The van der Waals surface area contributed by atoms with Crippen LogP contribution in [0.1, 0.15) is 0 Å². The first-order valence-corrected chi connectivity index (χ1v) is 0.565. The number of hydrogen-bond acceptors (Lipinski definition) is 2. The van der Waals surface area contributed by atoms with Gasteiger partial charge in [0.25, 0.3) is 5.09 Å². The molecule has 0 saturated heterocycles. The third-order valence-electron chi connectivity index (χ3n) is 0. The summed E-state index contributed by atoms with van der Waals surface area (Å²) in [5.74, 6) is 0. The van der Waals surface area contributed by atoms with Crippen LogP contribution in [0.5, 0.6) is 0 Å². The van der Waals surface area contributed by atoms with Crippen molar-refractivity contribution in [3.63, 3.8) is 0 Å². The Bertz CT molecular complexity index is 31.5. The minimum absolute atomic E-state index is 0. The molecule has 0 bridgehead atoms.